The fourth-order valence-electron chi connectivity index (χ4n) is 3.37. The molecule has 0 bridgehead atoms. The third-order valence-corrected chi connectivity index (χ3v) is 6.40. The van der Waals surface area contributed by atoms with Gasteiger partial charge in [0.05, 0.1) is 7.11 Å². The van der Waals surface area contributed by atoms with Gasteiger partial charge < -0.3 is 15.4 Å². The molecule has 1 atom stereocenters. The van der Waals surface area contributed by atoms with Crippen LogP contribution in [0.4, 0.5) is 15.8 Å². The van der Waals surface area contributed by atoms with Crippen molar-refractivity contribution in [2.24, 2.45) is 0 Å². The number of methoxy groups -OCH3 is 1. The smallest absolute Gasteiger partial charge is 0.255 e. The Morgan fingerprint density at radius 3 is 2.20 bits per heavy atom. The molecule has 0 fully saturated rings. The first-order valence-corrected chi connectivity index (χ1v) is 11.7. The van der Waals surface area contributed by atoms with E-state index in [1.807, 2.05) is 48.5 Å². The van der Waals surface area contributed by atoms with Crippen molar-refractivity contribution < 1.29 is 18.7 Å². The zero-order valence-corrected chi connectivity index (χ0v) is 19.7. The van der Waals surface area contributed by atoms with Gasteiger partial charge in [-0.1, -0.05) is 36.4 Å². The van der Waals surface area contributed by atoms with Crippen LogP contribution in [0.3, 0.4) is 0 Å². The Kier molecular flexibility index (Phi) is 7.80. The maximum absolute atomic E-state index is 13.3. The van der Waals surface area contributed by atoms with E-state index in [1.165, 1.54) is 36.0 Å². The Balaban J connectivity index is 1.51. The SMILES string of the molecule is COc1ccc(C(=O)Nc2cccc(SC(C(=O)Nc3ccc(F)cc3)c3ccccc3)c2)cc1. The highest BCUT2D eigenvalue weighted by atomic mass is 32.2. The van der Waals surface area contributed by atoms with Crippen LogP contribution in [0.2, 0.25) is 0 Å². The Labute approximate surface area is 207 Å². The van der Waals surface area contributed by atoms with Gasteiger partial charge in [-0.3, -0.25) is 9.59 Å². The molecule has 4 aromatic rings. The lowest BCUT2D eigenvalue weighted by atomic mass is 10.1. The average molecular weight is 487 g/mol. The summed E-state index contributed by atoms with van der Waals surface area (Å²) in [5.74, 6) is -0.180. The highest BCUT2D eigenvalue weighted by Gasteiger charge is 2.22. The summed E-state index contributed by atoms with van der Waals surface area (Å²) in [5.41, 5.74) is 2.45. The molecule has 2 amide bonds. The van der Waals surface area contributed by atoms with Crippen LogP contribution in [0, 0.1) is 5.82 Å². The highest BCUT2D eigenvalue weighted by molar-refractivity contribution is 8.00. The third kappa shape index (κ3) is 6.49. The molecule has 0 aliphatic rings. The average Bonchev–Trinajstić information content (AvgIpc) is 2.89. The molecule has 5 nitrogen and oxygen atoms in total. The van der Waals surface area contributed by atoms with E-state index in [4.69, 9.17) is 4.74 Å². The zero-order chi connectivity index (χ0) is 24.6. The summed E-state index contributed by atoms with van der Waals surface area (Å²) < 4.78 is 18.4. The van der Waals surface area contributed by atoms with E-state index in [0.717, 1.165) is 10.5 Å². The first-order valence-electron chi connectivity index (χ1n) is 10.9. The molecule has 0 heterocycles. The standard InChI is InChI=1S/C28H23FN2O3S/c1-34-24-16-10-20(11-17-24)27(32)31-23-8-5-9-25(18-23)35-26(19-6-3-2-4-7-19)28(33)30-22-14-12-21(29)13-15-22/h2-18,26H,1H3,(H,30,33)(H,31,32). The molecule has 1 unspecified atom stereocenters. The summed E-state index contributed by atoms with van der Waals surface area (Å²) in [5, 5.41) is 5.19. The number of hydrogen-bond donors (Lipinski definition) is 2. The molecule has 0 saturated heterocycles. The lowest BCUT2D eigenvalue weighted by Gasteiger charge is -2.18. The van der Waals surface area contributed by atoms with Crippen LogP contribution >= 0.6 is 11.8 Å². The second-order valence-electron chi connectivity index (χ2n) is 7.62. The van der Waals surface area contributed by atoms with E-state index in [-0.39, 0.29) is 17.6 Å². The number of benzene rings is 4. The number of halogens is 1. The molecule has 176 valence electrons. The van der Waals surface area contributed by atoms with Gasteiger partial charge in [0.2, 0.25) is 5.91 Å². The van der Waals surface area contributed by atoms with Gasteiger partial charge in [0, 0.05) is 21.8 Å². The zero-order valence-electron chi connectivity index (χ0n) is 18.9. The second-order valence-corrected chi connectivity index (χ2v) is 8.79. The highest BCUT2D eigenvalue weighted by Crippen LogP contribution is 2.37. The molecular weight excluding hydrogens is 463 g/mol. The predicted octanol–water partition coefficient (Wildman–Crippen LogP) is 6.56. The van der Waals surface area contributed by atoms with Gasteiger partial charge in [-0.2, -0.15) is 0 Å². The number of anilines is 2. The number of carbonyl (C=O) groups is 2. The first kappa shape index (κ1) is 24.0. The minimum absolute atomic E-state index is 0.236. The van der Waals surface area contributed by atoms with E-state index in [2.05, 4.69) is 10.6 Å². The fraction of sp³-hybridized carbons (Fsp3) is 0.0714. The number of nitrogens with one attached hydrogen (secondary N) is 2. The van der Waals surface area contributed by atoms with E-state index in [0.29, 0.717) is 22.7 Å². The van der Waals surface area contributed by atoms with Gasteiger partial charge in [-0.05, 0) is 72.3 Å². The molecule has 0 spiro atoms. The number of carbonyl (C=O) groups excluding carboxylic acids is 2. The minimum atomic E-state index is -0.561. The fourth-order valence-corrected chi connectivity index (χ4v) is 4.45. The molecule has 0 aromatic heterocycles. The van der Waals surface area contributed by atoms with Gasteiger partial charge in [0.25, 0.3) is 5.91 Å². The number of ether oxygens (including phenoxy) is 1. The summed E-state index contributed by atoms with van der Waals surface area (Å²) in [6, 6.07) is 29.2. The molecule has 0 radical (unpaired) electrons. The van der Waals surface area contributed by atoms with Crippen molar-refractivity contribution >= 4 is 35.0 Å². The summed E-state index contributed by atoms with van der Waals surface area (Å²) >= 11 is 1.36. The lowest BCUT2D eigenvalue weighted by Crippen LogP contribution is -2.19. The Morgan fingerprint density at radius 2 is 1.51 bits per heavy atom. The quantitative estimate of drug-likeness (QED) is 0.277. The maximum Gasteiger partial charge on any atom is 0.255 e. The van der Waals surface area contributed by atoms with Crippen molar-refractivity contribution in [1.29, 1.82) is 0 Å². The summed E-state index contributed by atoms with van der Waals surface area (Å²) in [4.78, 5) is 26.7. The molecule has 4 aromatic carbocycles. The van der Waals surface area contributed by atoms with Crippen molar-refractivity contribution in [2.45, 2.75) is 10.1 Å². The van der Waals surface area contributed by atoms with Crippen LogP contribution in [0.25, 0.3) is 0 Å². The van der Waals surface area contributed by atoms with Crippen LogP contribution in [0.5, 0.6) is 5.75 Å². The van der Waals surface area contributed by atoms with Gasteiger partial charge in [0.15, 0.2) is 0 Å². The Hall–Kier alpha value is -4.10. The van der Waals surface area contributed by atoms with Crippen molar-refractivity contribution in [3.63, 3.8) is 0 Å². The molecule has 0 aliphatic carbocycles. The summed E-state index contributed by atoms with van der Waals surface area (Å²) in [7, 11) is 1.57. The molecular formula is C28H23FN2O3S. The molecule has 35 heavy (non-hydrogen) atoms. The van der Waals surface area contributed by atoms with Gasteiger partial charge in [-0.15, -0.1) is 11.8 Å². The van der Waals surface area contributed by atoms with Crippen LogP contribution < -0.4 is 15.4 Å². The van der Waals surface area contributed by atoms with Crippen LogP contribution in [-0.4, -0.2) is 18.9 Å². The van der Waals surface area contributed by atoms with Crippen molar-refractivity contribution in [3.05, 3.63) is 120 Å². The second kappa shape index (κ2) is 11.4. The van der Waals surface area contributed by atoms with Crippen LogP contribution in [-0.2, 0) is 4.79 Å². The Bertz CT molecular complexity index is 1300. The number of hydrogen-bond acceptors (Lipinski definition) is 4. The summed E-state index contributed by atoms with van der Waals surface area (Å²) in [6.45, 7) is 0. The van der Waals surface area contributed by atoms with E-state index < -0.39 is 5.25 Å². The largest absolute Gasteiger partial charge is 0.497 e. The van der Waals surface area contributed by atoms with Gasteiger partial charge in [0.1, 0.15) is 16.8 Å². The maximum atomic E-state index is 13.3. The monoisotopic (exact) mass is 486 g/mol. The first-order chi connectivity index (χ1) is 17.0. The molecule has 0 saturated carbocycles. The number of amides is 2. The van der Waals surface area contributed by atoms with E-state index in [9.17, 15) is 14.0 Å². The lowest BCUT2D eigenvalue weighted by molar-refractivity contribution is -0.115. The van der Waals surface area contributed by atoms with E-state index in [1.54, 1.807) is 37.4 Å². The van der Waals surface area contributed by atoms with Crippen molar-refractivity contribution in [1.82, 2.24) is 0 Å². The third-order valence-electron chi connectivity index (χ3n) is 5.15. The van der Waals surface area contributed by atoms with Crippen molar-refractivity contribution in [2.75, 3.05) is 17.7 Å². The topological polar surface area (TPSA) is 67.4 Å². The number of thioether (sulfide) groups is 1. The normalized spacial score (nSPS) is 11.4. The Morgan fingerprint density at radius 1 is 0.800 bits per heavy atom. The van der Waals surface area contributed by atoms with Crippen LogP contribution in [0.1, 0.15) is 21.2 Å². The minimum Gasteiger partial charge on any atom is -0.497 e. The molecule has 2 N–H and O–H groups in total. The molecule has 7 heteroatoms. The molecule has 0 aliphatic heterocycles. The predicted molar refractivity (Wildman–Crippen MR) is 137 cm³/mol. The van der Waals surface area contributed by atoms with Gasteiger partial charge in [-0.25, -0.2) is 4.39 Å². The summed E-state index contributed by atoms with van der Waals surface area (Å²) in [6.07, 6.45) is 0. The van der Waals surface area contributed by atoms with Gasteiger partial charge >= 0.3 is 0 Å². The number of rotatable bonds is 8. The van der Waals surface area contributed by atoms with Crippen LogP contribution in [0.15, 0.2) is 108 Å². The van der Waals surface area contributed by atoms with E-state index >= 15 is 0 Å². The van der Waals surface area contributed by atoms with Crippen molar-refractivity contribution in [3.8, 4) is 5.75 Å². The molecule has 4 rings (SSSR count).